The molecule has 0 spiro atoms. The topological polar surface area (TPSA) is 32.3 Å². The number of nitrogens with one attached hydrogen (secondary N) is 1. The molecule has 0 aromatic heterocycles. The Morgan fingerprint density at radius 3 is 2.76 bits per heavy atom. The molecule has 0 saturated heterocycles. The van der Waals surface area contributed by atoms with E-state index in [2.05, 4.69) is 58.6 Å². The number of amides is 1. The molecule has 3 nitrogen and oxygen atoms in total. The van der Waals surface area contributed by atoms with E-state index in [0.717, 1.165) is 16.6 Å². The average molecular weight is 345 g/mol. The van der Waals surface area contributed by atoms with Crippen LogP contribution in [0.25, 0.3) is 0 Å². The van der Waals surface area contributed by atoms with Crippen LogP contribution in [0.4, 0.5) is 5.69 Å². The van der Waals surface area contributed by atoms with E-state index in [0.29, 0.717) is 0 Å². The van der Waals surface area contributed by atoms with Gasteiger partial charge in [-0.1, -0.05) is 52.3 Å². The van der Waals surface area contributed by atoms with E-state index >= 15 is 0 Å². The van der Waals surface area contributed by atoms with Crippen LogP contribution in [-0.2, 0) is 11.2 Å². The van der Waals surface area contributed by atoms with Gasteiger partial charge in [-0.15, -0.1) is 0 Å². The van der Waals surface area contributed by atoms with Crippen LogP contribution in [-0.4, -0.2) is 5.91 Å². The van der Waals surface area contributed by atoms with Crippen LogP contribution in [0.2, 0.25) is 0 Å². The van der Waals surface area contributed by atoms with Crippen LogP contribution in [0, 0.1) is 6.92 Å². The largest absolute Gasteiger partial charge is 0.277 e. The number of anilines is 1. The summed E-state index contributed by atoms with van der Waals surface area (Å²) in [5.41, 5.74) is 7.69. The molecule has 1 unspecified atom stereocenters. The van der Waals surface area contributed by atoms with Crippen molar-refractivity contribution in [2.75, 3.05) is 5.01 Å². The molecule has 1 N–H and O–H groups in total. The lowest BCUT2D eigenvalue weighted by molar-refractivity contribution is -0.119. The van der Waals surface area contributed by atoms with Crippen molar-refractivity contribution in [1.82, 2.24) is 5.43 Å². The first-order valence-electron chi connectivity index (χ1n) is 6.97. The summed E-state index contributed by atoms with van der Waals surface area (Å²) >= 11 is 3.69. The fourth-order valence-corrected chi connectivity index (χ4v) is 3.40. The van der Waals surface area contributed by atoms with Gasteiger partial charge in [0.05, 0.1) is 11.7 Å². The van der Waals surface area contributed by atoms with Crippen LogP contribution in [0.15, 0.2) is 46.9 Å². The van der Waals surface area contributed by atoms with Crippen LogP contribution in [0.3, 0.4) is 0 Å². The zero-order chi connectivity index (χ0) is 15.0. The number of aryl methyl sites for hydroxylation is 1. The van der Waals surface area contributed by atoms with E-state index < -0.39 is 0 Å². The van der Waals surface area contributed by atoms with E-state index in [-0.39, 0.29) is 11.9 Å². The minimum absolute atomic E-state index is 0.0551. The molecular weight excluding hydrogens is 328 g/mol. The first-order valence-corrected chi connectivity index (χ1v) is 7.76. The highest BCUT2D eigenvalue weighted by atomic mass is 79.9. The third kappa shape index (κ3) is 2.56. The molecule has 3 rings (SSSR count). The predicted octanol–water partition coefficient (Wildman–Crippen LogP) is 3.91. The molecule has 4 heteroatoms. The molecule has 0 aliphatic carbocycles. The Kier molecular flexibility index (Phi) is 3.72. The summed E-state index contributed by atoms with van der Waals surface area (Å²) in [5.74, 6) is -0.0551. The summed E-state index contributed by atoms with van der Waals surface area (Å²) in [6.07, 6.45) is 0.887. The molecule has 1 amide bonds. The van der Waals surface area contributed by atoms with Gasteiger partial charge in [0.15, 0.2) is 0 Å². The van der Waals surface area contributed by atoms with Gasteiger partial charge in [0.25, 0.3) is 0 Å². The van der Waals surface area contributed by atoms with E-state index in [1.54, 1.807) is 6.92 Å². The fourth-order valence-electron chi connectivity index (χ4n) is 2.87. The Labute approximate surface area is 133 Å². The second-order valence-electron chi connectivity index (χ2n) is 5.36. The molecule has 0 saturated carbocycles. The molecule has 0 fully saturated rings. The number of hydrazine groups is 1. The molecule has 0 bridgehead atoms. The number of nitrogens with zero attached hydrogens (tertiary/aromatic N) is 1. The monoisotopic (exact) mass is 344 g/mol. The van der Waals surface area contributed by atoms with Crippen LogP contribution in [0.5, 0.6) is 0 Å². The summed E-state index contributed by atoms with van der Waals surface area (Å²) in [4.78, 5) is 11.6. The van der Waals surface area contributed by atoms with Crippen molar-refractivity contribution in [2.45, 2.75) is 26.3 Å². The zero-order valence-electron chi connectivity index (χ0n) is 12.1. The number of carbonyl (C=O) groups is 1. The Balaban J connectivity index is 2.06. The fraction of sp³-hybridized carbons (Fsp3) is 0.235. The highest BCUT2D eigenvalue weighted by molar-refractivity contribution is 9.10. The number of para-hydroxylation sites is 1. The van der Waals surface area contributed by atoms with Crippen LogP contribution in [0.1, 0.15) is 29.7 Å². The van der Waals surface area contributed by atoms with Crippen molar-refractivity contribution in [1.29, 1.82) is 0 Å². The van der Waals surface area contributed by atoms with Crippen molar-refractivity contribution in [3.8, 4) is 0 Å². The first-order chi connectivity index (χ1) is 10.1. The van der Waals surface area contributed by atoms with Crippen molar-refractivity contribution in [2.24, 2.45) is 0 Å². The number of carbonyl (C=O) groups excluding carboxylic acids is 1. The van der Waals surface area contributed by atoms with Crippen LogP contribution < -0.4 is 10.4 Å². The maximum Gasteiger partial charge on any atom is 0.235 e. The molecule has 2 aromatic carbocycles. The second kappa shape index (κ2) is 5.53. The number of rotatable bonds is 2. The summed E-state index contributed by atoms with van der Waals surface area (Å²) in [6, 6.07) is 14.6. The Bertz CT molecular complexity index is 699. The lowest BCUT2D eigenvalue weighted by atomic mass is 10.0. The van der Waals surface area contributed by atoms with E-state index in [9.17, 15) is 4.79 Å². The van der Waals surface area contributed by atoms with Gasteiger partial charge in [0.2, 0.25) is 5.91 Å². The number of benzene rings is 2. The molecular formula is C17H17BrN2O. The number of halogens is 1. The summed E-state index contributed by atoms with van der Waals surface area (Å²) < 4.78 is 1.11. The maximum atomic E-state index is 11.6. The molecule has 108 valence electrons. The summed E-state index contributed by atoms with van der Waals surface area (Å²) in [6.45, 7) is 3.63. The van der Waals surface area contributed by atoms with Gasteiger partial charge < -0.3 is 0 Å². The van der Waals surface area contributed by atoms with Crippen molar-refractivity contribution < 1.29 is 4.79 Å². The molecule has 0 radical (unpaired) electrons. The molecule has 2 aromatic rings. The zero-order valence-corrected chi connectivity index (χ0v) is 13.6. The lowest BCUT2D eigenvalue weighted by Gasteiger charge is -2.28. The summed E-state index contributed by atoms with van der Waals surface area (Å²) in [5, 5.41) is 1.98. The van der Waals surface area contributed by atoms with E-state index in [1.807, 2.05) is 17.1 Å². The van der Waals surface area contributed by atoms with Crippen molar-refractivity contribution in [3.05, 3.63) is 63.6 Å². The first kappa shape index (κ1) is 14.1. The molecule has 1 aliphatic heterocycles. The van der Waals surface area contributed by atoms with Crippen LogP contribution >= 0.6 is 15.9 Å². The SMILES string of the molecule is CC(=O)NN1c2ccccc2CC1c1cccc(C)c1Br. The average Bonchev–Trinajstić information content (AvgIpc) is 2.80. The third-order valence-electron chi connectivity index (χ3n) is 3.83. The Morgan fingerprint density at radius 1 is 1.24 bits per heavy atom. The minimum Gasteiger partial charge on any atom is -0.277 e. The van der Waals surface area contributed by atoms with E-state index in [4.69, 9.17) is 0 Å². The lowest BCUT2D eigenvalue weighted by Crippen LogP contribution is -2.41. The highest BCUT2D eigenvalue weighted by Crippen LogP contribution is 2.41. The van der Waals surface area contributed by atoms with Crippen molar-refractivity contribution in [3.63, 3.8) is 0 Å². The Morgan fingerprint density at radius 2 is 2.00 bits per heavy atom. The van der Waals surface area contributed by atoms with Gasteiger partial charge in [-0.05, 0) is 29.7 Å². The second-order valence-corrected chi connectivity index (χ2v) is 6.16. The quantitative estimate of drug-likeness (QED) is 0.895. The van der Waals surface area contributed by atoms with Crippen molar-refractivity contribution >= 4 is 27.5 Å². The highest BCUT2D eigenvalue weighted by Gasteiger charge is 2.32. The normalized spacial score (nSPS) is 16.7. The van der Waals surface area contributed by atoms with Gasteiger partial charge >= 0.3 is 0 Å². The van der Waals surface area contributed by atoms with E-state index in [1.165, 1.54) is 16.7 Å². The molecule has 1 aliphatic rings. The Hall–Kier alpha value is -1.81. The van der Waals surface area contributed by atoms with Gasteiger partial charge in [0.1, 0.15) is 0 Å². The van der Waals surface area contributed by atoms with Gasteiger partial charge in [-0.25, -0.2) is 0 Å². The molecule has 21 heavy (non-hydrogen) atoms. The number of fused-ring (bicyclic) bond motifs is 1. The van der Waals surface area contributed by atoms with Gasteiger partial charge in [-0.3, -0.25) is 15.2 Å². The maximum absolute atomic E-state index is 11.6. The van der Waals surface area contributed by atoms with Gasteiger partial charge in [-0.2, -0.15) is 0 Å². The van der Waals surface area contributed by atoms with Gasteiger partial charge in [0, 0.05) is 17.8 Å². The third-order valence-corrected chi connectivity index (χ3v) is 4.92. The number of hydrogen-bond acceptors (Lipinski definition) is 2. The number of hydrogen-bond donors (Lipinski definition) is 1. The molecule has 1 atom stereocenters. The predicted molar refractivity (Wildman–Crippen MR) is 88.1 cm³/mol. The standard InChI is InChI=1S/C17H17BrN2O/c1-11-6-5-8-14(17(11)18)16-10-13-7-3-4-9-15(13)20(16)19-12(2)21/h3-9,16H,10H2,1-2H3,(H,19,21). The minimum atomic E-state index is -0.0551. The smallest absolute Gasteiger partial charge is 0.235 e. The summed E-state index contributed by atoms with van der Waals surface area (Å²) in [7, 11) is 0. The molecule has 1 heterocycles.